The lowest BCUT2D eigenvalue weighted by atomic mass is 9.64. The first-order chi connectivity index (χ1) is 8.45. The second-order valence-corrected chi connectivity index (χ2v) is 6.09. The minimum Gasteiger partial charge on any atom is -0.381 e. The molecule has 1 fully saturated rings. The summed E-state index contributed by atoms with van der Waals surface area (Å²) in [6, 6.07) is 6.43. The van der Waals surface area contributed by atoms with E-state index in [9.17, 15) is 0 Å². The minimum absolute atomic E-state index is 0.171. The highest BCUT2D eigenvalue weighted by molar-refractivity contribution is 6.30. The van der Waals surface area contributed by atoms with Gasteiger partial charge in [0.15, 0.2) is 0 Å². The summed E-state index contributed by atoms with van der Waals surface area (Å²) in [6.45, 7) is 9.46. The summed E-state index contributed by atoms with van der Waals surface area (Å²) in [7, 11) is 0. The maximum Gasteiger partial charge on any atom is 0.0665 e. The zero-order valence-corrected chi connectivity index (χ0v) is 12.3. The molecule has 2 rings (SSSR count). The minimum atomic E-state index is 0.171. The first kappa shape index (κ1) is 13.7. The van der Waals surface area contributed by atoms with Crippen LogP contribution in [0.4, 0.5) is 5.69 Å². The van der Waals surface area contributed by atoms with Gasteiger partial charge in [-0.2, -0.15) is 0 Å². The Balaban J connectivity index is 2.05. The molecule has 2 unspecified atom stereocenters. The van der Waals surface area contributed by atoms with Gasteiger partial charge >= 0.3 is 0 Å². The number of hydrogen-bond donors (Lipinski definition) is 1. The van der Waals surface area contributed by atoms with Crippen LogP contribution in [0.25, 0.3) is 0 Å². The highest BCUT2D eigenvalue weighted by atomic mass is 35.5. The van der Waals surface area contributed by atoms with Gasteiger partial charge in [0.25, 0.3) is 0 Å². The molecule has 0 saturated heterocycles. The average Bonchev–Trinajstić information content (AvgIpc) is 2.32. The highest BCUT2D eigenvalue weighted by Crippen LogP contribution is 2.44. The number of anilines is 1. The van der Waals surface area contributed by atoms with Crippen molar-refractivity contribution in [3.05, 3.63) is 28.8 Å². The molecular formula is C15H22ClNO. The Labute approximate surface area is 115 Å². The molecule has 1 N–H and O–H groups in total. The molecule has 0 spiro atoms. The predicted molar refractivity (Wildman–Crippen MR) is 77.4 cm³/mol. The van der Waals surface area contributed by atoms with Crippen molar-refractivity contribution in [2.75, 3.05) is 11.9 Å². The zero-order chi connectivity index (χ0) is 13.3. The second kappa shape index (κ2) is 5.10. The summed E-state index contributed by atoms with van der Waals surface area (Å²) in [6.07, 6.45) is 1.42. The number of benzene rings is 1. The van der Waals surface area contributed by atoms with Gasteiger partial charge in [0, 0.05) is 28.8 Å². The first-order valence-corrected chi connectivity index (χ1v) is 6.97. The highest BCUT2D eigenvalue weighted by Gasteiger charge is 2.48. The van der Waals surface area contributed by atoms with Gasteiger partial charge in [0.2, 0.25) is 0 Å². The quantitative estimate of drug-likeness (QED) is 0.880. The third-order valence-corrected chi connectivity index (χ3v) is 4.31. The number of rotatable bonds is 4. The van der Waals surface area contributed by atoms with E-state index in [-0.39, 0.29) is 5.41 Å². The van der Waals surface area contributed by atoms with Crippen molar-refractivity contribution in [2.45, 2.75) is 46.3 Å². The van der Waals surface area contributed by atoms with E-state index in [2.05, 4.69) is 39.1 Å². The van der Waals surface area contributed by atoms with Gasteiger partial charge in [-0.3, -0.25) is 0 Å². The number of hydrogen-bond acceptors (Lipinski definition) is 2. The van der Waals surface area contributed by atoms with Gasteiger partial charge in [-0.15, -0.1) is 0 Å². The Hall–Kier alpha value is -0.730. The van der Waals surface area contributed by atoms with E-state index in [1.54, 1.807) is 0 Å². The molecule has 18 heavy (non-hydrogen) atoms. The molecule has 0 aromatic heterocycles. The Kier molecular flexibility index (Phi) is 3.88. The first-order valence-electron chi connectivity index (χ1n) is 6.59. The largest absolute Gasteiger partial charge is 0.381 e. The molecule has 1 saturated carbocycles. The standard InChI is InChI=1S/C15H22ClNO/c1-5-18-14-9-13(15(14,3)4)17-12-8-11(16)7-6-10(12)2/h6-8,13-14,17H,5,9H2,1-4H3. The maximum absolute atomic E-state index is 6.05. The summed E-state index contributed by atoms with van der Waals surface area (Å²) < 4.78 is 5.75. The summed E-state index contributed by atoms with van der Waals surface area (Å²) in [4.78, 5) is 0. The molecule has 0 aliphatic heterocycles. The molecule has 100 valence electrons. The summed E-state index contributed by atoms with van der Waals surface area (Å²) in [5.74, 6) is 0. The lowest BCUT2D eigenvalue weighted by molar-refractivity contribution is -0.0976. The normalized spacial score (nSPS) is 25.6. The molecule has 0 heterocycles. The second-order valence-electron chi connectivity index (χ2n) is 5.66. The van der Waals surface area contributed by atoms with Crippen LogP contribution in [-0.4, -0.2) is 18.8 Å². The van der Waals surface area contributed by atoms with Crippen LogP contribution in [0.3, 0.4) is 0 Å². The molecule has 2 atom stereocenters. The van der Waals surface area contributed by atoms with Gasteiger partial charge < -0.3 is 10.1 Å². The summed E-state index contributed by atoms with van der Waals surface area (Å²) >= 11 is 6.05. The van der Waals surface area contributed by atoms with Crippen molar-refractivity contribution in [3.63, 3.8) is 0 Å². The predicted octanol–water partition coefficient (Wildman–Crippen LogP) is 4.26. The SMILES string of the molecule is CCOC1CC(Nc2cc(Cl)ccc2C)C1(C)C. The fourth-order valence-electron chi connectivity index (χ4n) is 2.55. The fourth-order valence-corrected chi connectivity index (χ4v) is 2.72. The summed E-state index contributed by atoms with van der Waals surface area (Å²) in [5, 5.41) is 4.38. The smallest absolute Gasteiger partial charge is 0.0665 e. The van der Waals surface area contributed by atoms with Gasteiger partial charge in [-0.25, -0.2) is 0 Å². The zero-order valence-electron chi connectivity index (χ0n) is 11.6. The van der Waals surface area contributed by atoms with Crippen LogP contribution < -0.4 is 5.32 Å². The average molecular weight is 268 g/mol. The molecular weight excluding hydrogens is 246 g/mol. The fraction of sp³-hybridized carbons (Fsp3) is 0.600. The third kappa shape index (κ3) is 2.50. The number of aryl methyl sites for hydroxylation is 1. The van der Waals surface area contributed by atoms with Crippen LogP contribution in [0.2, 0.25) is 5.02 Å². The van der Waals surface area contributed by atoms with E-state index in [1.165, 1.54) is 5.56 Å². The van der Waals surface area contributed by atoms with E-state index in [0.717, 1.165) is 23.7 Å². The summed E-state index contributed by atoms with van der Waals surface area (Å²) in [5.41, 5.74) is 2.54. The Morgan fingerprint density at radius 1 is 1.44 bits per heavy atom. The van der Waals surface area contributed by atoms with Gasteiger partial charge in [-0.1, -0.05) is 31.5 Å². The van der Waals surface area contributed by atoms with Crippen molar-refractivity contribution >= 4 is 17.3 Å². The van der Waals surface area contributed by atoms with Crippen molar-refractivity contribution in [1.29, 1.82) is 0 Å². The van der Waals surface area contributed by atoms with Crippen LogP contribution in [0, 0.1) is 12.3 Å². The Morgan fingerprint density at radius 2 is 2.17 bits per heavy atom. The number of ether oxygens (including phenoxy) is 1. The van der Waals surface area contributed by atoms with E-state index in [4.69, 9.17) is 16.3 Å². The van der Waals surface area contributed by atoms with Crippen LogP contribution >= 0.6 is 11.6 Å². The Bertz CT molecular complexity index is 431. The number of nitrogens with one attached hydrogen (secondary N) is 1. The van der Waals surface area contributed by atoms with Crippen LogP contribution in [0.5, 0.6) is 0 Å². The maximum atomic E-state index is 6.05. The topological polar surface area (TPSA) is 21.3 Å². The van der Waals surface area contributed by atoms with Gasteiger partial charge in [-0.05, 0) is 38.0 Å². The van der Waals surface area contributed by atoms with E-state index < -0.39 is 0 Å². The molecule has 1 aromatic rings. The monoisotopic (exact) mass is 267 g/mol. The lowest BCUT2D eigenvalue weighted by Crippen LogP contribution is -2.58. The van der Waals surface area contributed by atoms with Gasteiger partial charge in [0.05, 0.1) is 6.10 Å². The molecule has 2 nitrogen and oxygen atoms in total. The molecule has 0 amide bonds. The van der Waals surface area contributed by atoms with Crippen molar-refractivity contribution in [3.8, 4) is 0 Å². The van der Waals surface area contributed by atoms with E-state index in [1.807, 2.05) is 12.1 Å². The molecule has 1 aliphatic carbocycles. The van der Waals surface area contributed by atoms with E-state index in [0.29, 0.717) is 12.1 Å². The van der Waals surface area contributed by atoms with Crippen molar-refractivity contribution in [1.82, 2.24) is 0 Å². The molecule has 3 heteroatoms. The van der Waals surface area contributed by atoms with Crippen molar-refractivity contribution in [2.24, 2.45) is 5.41 Å². The van der Waals surface area contributed by atoms with Crippen molar-refractivity contribution < 1.29 is 4.74 Å². The van der Waals surface area contributed by atoms with Crippen LogP contribution in [0.15, 0.2) is 18.2 Å². The number of halogens is 1. The molecule has 0 radical (unpaired) electrons. The molecule has 1 aliphatic rings. The van der Waals surface area contributed by atoms with Crippen LogP contribution in [0.1, 0.15) is 32.8 Å². The van der Waals surface area contributed by atoms with E-state index >= 15 is 0 Å². The van der Waals surface area contributed by atoms with Gasteiger partial charge in [0.1, 0.15) is 0 Å². The Morgan fingerprint density at radius 3 is 2.78 bits per heavy atom. The molecule has 1 aromatic carbocycles. The molecule has 0 bridgehead atoms. The third-order valence-electron chi connectivity index (χ3n) is 4.07. The lowest BCUT2D eigenvalue weighted by Gasteiger charge is -2.52. The van der Waals surface area contributed by atoms with Crippen LogP contribution in [-0.2, 0) is 4.74 Å².